The molecule has 4 heteroatoms. The Bertz CT molecular complexity index is 57.5. The summed E-state index contributed by atoms with van der Waals surface area (Å²) >= 11 is 6.38. The van der Waals surface area contributed by atoms with Crippen molar-refractivity contribution in [2.24, 2.45) is 0 Å². The molecule has 0 bridgehead atoms. The summed E-state index contributed by atoms with van der Waals surface area (Å²) < 4.78 is 9.96. The SMILES string of the molecule is CCS[PH](=O)Cl. The first kappa shape index (κ1) is 6.87. The van der Waals surface area contributed by atoms with Crippen LogP contribution < -0.4 is 0 Å². The smallest absolute Gasteiger partial charge is 0.210 e. The van der Waals surface area contributed by atoms with Crippen molar-refractivity contribution >= 4 is 29.0 Å². The zero-order valence-corrected chi connectivity index (χ0v) is 5.97. The van der Waals surface area contributed by atoms with Gasteiger partial charge >= 0.3 is 0 Å². The average Bonchev–Trinajstić information content (AvgIpc) is 1.35. The van der Waals surface area contributed by atoms with Gasteiger partial charge in [-0.3, -0.25) is 4.57 Å². The minimum atomic E-state index is -1.75. The highest BCUT2D eigenvalue weighted by Gasteiger charge is 1.84. The van der Waals surface area contributed by atoms with E-state index < -0.39 is 6.36 Å². The lowest BCUT2D eigenvalue weighted by molar-refractivity contribution is 0.603. The van der Waals surface area contributed by atoms with Gasteiger partial charge in [0.25, 0.3) is 0 Å². The molecule has 1 unspecified atom stereocenters. The normalized spacial score (nSPS) is 14.3. The molecule has 0 amide bonds. The second-order valence-electron chi connectivity index (χ2n) is 0.671. The van der Waals surface area contributed by atoms with Gasteiger partial charge in [0.2, 0.25) is 6.36 Å². The maximum absolute atomic E-state index is 9.96. The summed E-state index contributed by atoms with van der Waals surface area (Å²) in [4.78, 5) is 0. The van der Waals surface area contributed by atoms with E-state index in [0.717, 1.165) is 5.75 Å². The van der Waals surface area contributed by atoms with Crippen molar-refractivity contribution in [2.75, 3.05) is 5.75 Å². The van der Waals surface area contributed by atoms with Crippen LogP contribution in [0.2, 0.25) is 0 Å². The van der Waals surface area contributed by atoms with E-state index in [1.807, 2.05) is 6.92 Å². The van der Waals surface area contributed by atoms with E-state index in [0.29, 0.717) is 0 Å². The molecule has 0 aromatic rings. The zero-order chi connectivity index (χ0) is 4.99. The summed E-state index contributed by atoms with van der Waals surface area (Å²) in [7, 11) is 0. The van der Waals surface area contributed by atoms with Crippen LogP contribution >= 0.6 is 29.0 Å². The van der Waals surface area contributed by atoms with Crippen LogP contribution in [0.25, 0.3) is 0 Å². The van der Waals surface area contributed by atoms with E-state index >= 15 is 0 Å². The molecule has 0 radical (unpaired) electrons. The third kappa shape index (κ3) is 4.87. The summed E-state index contributed by atoms with van der Waals surface area (Å²) in [6, 6.07) is 0. The van der Waals surface area contributed by atoms with Crippen LogP contribution in [0.5, 0.6) is 0 Å². The summed E-state index contributed by atoms with van der Waals surface area (Å²) in [5, 5.41) is 0. The van der Waals surface area contributed by atoms with Gasteiger partial charge < -0.3 is 0 Å². The predicted octanol–water partition coefficient (Wildman–Crippen LogP) is 2.37. The molecule has 0 fully saturated rings. The fourth-order valence-electron chi connectivity index (χ4n) is 0.113. The molecular weight excluding hydrogens is 139 g/mol. The Kier molecular flexibility index (Phi) is 4.63. The van der Waals surface area contributed by atoms with E-state index in [9.17, 15) is 4.57 Å². The van der Waals surface area contributed by atoms with Gasteiger partial charge in [-0.2, -0.15) is 0 Å². The summed E-state index contributed by atoms with van der Waals surface area (Å²) in [5.74, 6) is 0.849. The van der Waals surface area contributed by atoms with Crippen molar-refractivity contribution in [3.05, 3.63) is 0 Å². The van der Waals surface area contributed by atoms with Crippen LogP contribution in [0.3, 0.4) is 0 Å². The van der Waals surface area contributed by atoms with Gasteiger partial charge in [0.1, 0.15) is 0 Å². The first-order chi connectivity index (χ1) is 2.77. The van der Waals surface area contributed by atoms with Crippen molar-refractivity contribution in [1.82, 2.24) is 0 Å². The summed E-state index contributed by atoms with van der Waals surface area (Å²) in [5.41, 5.74) is 0. The molecule has 0 aliphatic carbocycles. The molecule has 0 saturated heterocycles. The lowest BCUT2D eigenvalue weighted by Crippen LogP contribution is -1.49. The minimum absolute atomic E-state index is 0.849. The first-order valence-electron chi connectivity index (χ1n) is 1.59. The quantitative estimate of drug-likeness (QED) is 0.554. The fourth-order valence-corrected chi connectivity index (χ4v) is 2.00. The molecule has 6 heavy (non-hydrogen) atoms. The van der Waals surface area contributed by atoms with Crippen molar-refractivity contribution < 1.29 is 4.57 Å². The van der Waals surface area contributed by atoms with E-state index in [4.69, 9.17) is 11.2 Å². The molecule has 38 valence electrons. The lowest BCUT2D eigenvalue weighted by Gasteiger charge is -1.80. The molecule has 0 aromatic heterocycles. The minimum Gasteiger partial charge on any atom is -0.298 e. The zero-order valence-electron chi connectivity index (χ0n) is 3.40. The van der Waals surface area contributed by atoms with Crippen molar-refractivity contribution in [3.8, 4) is 0 Å². The Morgan fingerprint density at radius 1 is 2.00 bits per heavy atom. The summed E-state index contributed by atoms with van der Waals surface area (Å²) in [6.45, 7) is 1.93. The standard InChI is InChI=1S/C2H6ClOPS/c1-2-6-5(3)4/h5H,2H2,1H3. The van der Waals surface area contributed by atoms with Gasteiger partial charge in [0, 0.05) is 0 Å². The second kappa shape index (κ2) is 4.04. The Labute approximate surface area is 46.8 Å². The monoisotopic (exact) mass is 144 g/mol. The van der Waals surface area contributed by atoms with Gasteiger partial charge in [-0.15, -0.1) is 0 Å². The van der Waals surface area contributed by atoms with Gasteiger partial charge in [-0.25, -0.2) is 0 Å². The molecule has 0 rings (SSSR count). The van der Waals surface area contributed by atoms with Crippen LogP contribution in [0.4, 0.5) is 0 Å². The molecule has 0 saturated carbocycles. The van der Waals surface area contributed by atoms with Gasteiger partial charge in [0.05, 0.1) is 0 Å². The van der Waals surface area contributed by atoms with Gasteiger partial charge in [-0.1, -0.05) is 18.3 Å². The number of hydrogen-bond acceptors (Lipinski definition) is 2. The average molecular weight is 145 g/mol. The molecule has 1 atom stereocenters. The van der Waals surface area contributed by atoms with Crippen LogP contribution in [0, 0.1) is 0 Å². The van der Waals surface area contributed by atoms with Crippen molar-refractivity contribution in [1.29, 1.82) is 0 Å². The maximum atomic E-state index is 9.96. The van der Waals surface area contributed by atoms with E-state index in [1.165, 1.54) is 11.4 Å². The first-order valence-corrected chi connectivity index (χ1v) is 5.72. The Morgan fingerprint density at radius 3 is 2.50 bits per heavy atom. The van der Waals surface area contributed by atoms with E-state index in [-0.39, 0.29) is 0 Å². The van der Waals surface area contributed by atoms with E-state index in [2.05, 4.69) is 0 Å². The number of rotatable bonds is 2. The van der Waals surface area contributed by atoms with Crippen LogP contribution in [0.15, 0.2) is 0 Å². The highest BCUT2D eigenvalue weighted by atomic mass is 35.7. The van der Waals surface area contributed by atoms with Crippen LogP contribution in [0.1, 0.15) is 6.92 Å². The number of hydrogen-bond donors (Lipinski definition) is 0. The molecule has 1 nitrogen and oxygen atoms in total. The Morgan fingerprint density at radius 2 is 2.50 bits per heavy atom. The maximum Gasteiger partial charge on any atom is 0.210 e. The summed E-state index contributed by atoms with van der Waals surface area (Å²) in [6.07, 6.45) is -1.75. The third-order valence-electron chi connectivity index (χ3n) is 0.258. The molecule has 0 aliphatic rings. The topological polar surface area (TPSA) is 17.1 Å². The molecular formula is C2H6ClOPS. The van der Waals surface area contributed by atoms with Crippen LogP contribution in [-0.2, 0) is 4.57 Å². The van der Waals surface area contributed by atoms with Crippen LogP contribution in [-0.4, -0.2) is 5.75 Å². The molecule has 0 N–H and O–H groups in total. The van der Waals surface area contributed by atoms with Gasteiger partial charge in [-0.05, 0) is 17.0 Å². The second-order valence-corrected chi connectivity index (χ2v) is 5.69. The highest BCUT2D eigenvalue weighted by molar-refractivity contribution is 8.58. The number of halogens is 1. The van der Waals surface area contributed by atoms with Crippen molar-refractivity contribution in [3.63, 3.8) is 0 Å². The van der Waals surface area contributed by atoms with Gasteiger partial charge in [0.15, 0.2) is 0 Å². The largest absolute Gasteiger partial charge is 0.298 e. The molecule has 0 spiro atoms. The Hall–Kier alpha value is 0.870. The molecule has 0 aliphatic heterocycles. The van der Waals surface area contributed by atoms with E-state index in [1.54, 1.807) is 0 Å². The highest BCUT2D eigenvalue weighted by Crippen LogP contribution is 2.41. The van der Waals surface area contributed by atoms with Crippen molar-refractivity contribution in [2.45, 2.75) is 6.92 Å². The predicted molar refractivity (Wildman–Crippen MR) is 33.0 cm³/mol. The fraction of sp³-hybridized carbons (Fsp3) is 1.00. The lowest BCUT2D eigenvalue weighted by atomic mass is 11.0. The third-order valence-corrected chi connectivity index (χ3v) is 3.30. The molecule has 0 aromatic carbocycles. The Balaban J connectivity index is 2.83. The molecule has 0 heterocycles.